The number of hydrogen-bond acceptors (Lipinski definition) is 3. The highest BCUT2D eigenvalue weighted by Gasteiger charge is 2.08. The molecule has 0 aliphatic carbocycles. The normalized spacial score (nSPS) is 10.4. The summed E-state index contributed by atoms with van der Waals surface area (Å²) in [6, 6.07) is 14.5. The van der Waals surface area contributed by atoms with Crippen molar-refractivity contribution < 1.29 is 4.79 Å². The van der Waals surface area contributed by atoms with Gasteiger partial charge in [-0.1, -0.05) is 35.3 Å². The third kappa shape index (κ3) is 4.10. The van der Waals surface area contributed by atoms with Gasteiger partial charge in [-0.3, -0.25) is 4.79 Å². The van der Waals surface area contributed by atoms with Crippen LogP contribution in [0.5, 0.6) is 0 Å². The maximum absolute atomic E-state index is 12.1. The van der Waals surface area contributed by atoms with E-state index >= 15 is 0 Å². The monoisotopic (exact) mass is 357 g/mol. The van der Waals surface area contributed by atoms with Gasteiger partial charge in [0.1, 0.15) is 0 Å². The molecule has 0 spiro atoms. The van der Waals surface area contributed by atoms with Gasteiger partial charge in [-0.05, 0) is 42.0 Å². The van der Waals surface area contributed by atoms with E-state index < -0.39 is 0 Å². The largest absolute Gasteiger partial charge is 0.348 e. The van der Waals surface area contributed by atoms with Crippen LogP contribution >= 0.6 is 23.2 Å². The Hall–Kier alpha value is -2.43. The quantitative estimate of drug-likeness (QED) is 0.753. The van der Waals surface area contributed by atoms with Crippen LogP contribution in [0.1, 0.15) is 15.9 Å². The molecule has 0 unspecified atom stereocenters. The molecule has 0 saturated heterocycles. The molecule has 0 fully saturated rings. The summed E-state index contributed by atoms with van der Waals surface area (Å²) in [5, 5.41) is 4.14. The minimum atomic E-state index is -0.229. The lowest BCUT2D eigenvalue weighted by Crippen LogP contribution is -2.23. The van der Waals surface area contributed by atoms with E-state index in [1.165, 1.54) is 12.4 Å². The molecule has 0 radical (unpaired) electrons. The fraction of sp³-hybridized carbons (Fsp3) is 0.0556. The van der Waals surface area contributed by atoms with Crippen molar-refractivity contribution in [1.29, 1.82) is 0 Å². The Morgan fingerprint density at radius 1 is 0.875 bits per heavy atom. The Balaban J connectivity index is 1.65. The Kier molecular flexibility index (Phi) is 5.08. The molecule has 4 nitrogen and oxygen atoms in total. The van der Waals surface area contributed by atoms with E-state index in [1.54, 1.807) is 24.3 Å². The Labute approximate surface area is 149 Å². The third-order valence-electron chi connectivity index (χ3n) is 3.38. The Bertz CT molecular complexity index is 832. The zero-order chi connectivity index (χ0) is 16.9. The summed E-state index contributed by atoms with van der Waals surface area (Å²) in [6.45, 7) is 0.412. The van der Waals surface area contributed by atoms with Gasteiger partial charge in [0.15, 0.2) is 5.82 Å². The molecule has 0 bridgehead atoms. The van der Waals surface area contributed by atoms with Crippen molar-refractivity contribution in [3.63, 3.8) is 0 Å². The zero-order valence-electron chi connectivity index (χ0n) is 12.5. The Morgan fingerprint density at radius 2 is 1.42 bits per heavy atom. The summed E-state index contributed by atoms with van der Waals surface area (Å²) < 4.78 is 0. The van der Waals surface area contributed by atoms with Crippen molar-refractivity contribution >= 4 is 29.1 Å². The first-order chi connectivity index (χ1) is 11.6. The van der Waals surface area contributed by atoms with E-state index in [2.05, 4.69) is 15.3 Å². The summed E-state index contributed by atoms with van der Waals surface area (Å²) in [5.41, 5.74) is 2.21. The number of benzene rings is 2. The number of hydrogen-bond donors (Lipinski definition) is 1. The standard InChI is InChI=1S/C18H13Cl2N3O/c19-15-5-1-12(2-6-15)9-23-18(24)14-10-21-17(22-11-14)13-3-7-16(20)8-4-13/h1-8,10-11H,9H2,(H,23,24). The van der Waals surface area contributed by atoms with Gasteiger partial charge < -0.3 is 5.32 Å². The lowest BCUT2D eigenvalue weighted by atomic mass is 10.2. The number of nitrogens with zero attached hydrogens (tertiary/aromatic N) is 2. The van der Waals surface area contributed by atoms with Crippen LogP contribution < -0.4 is 5.32 Å². The summed E-state index contributed by atoms with van der Waals surface area (Å²) >= 11 is 11.7. The van der Waals surface area contributed by atoms with Gasteiger partial charge in [-0.25, -0.2) is 9.97 Å². The lowest BCUT2D eigenvalue weighted by molar-refractivity contribution is 0.0950. The highest BCUT2D eigenvalue weighted by atomic mass is 35.5. The average Bonchev–Trinajstić information content (AvgIpc) is 2.62. The van der Waals surface area contributed by atoms with Crippen LogP contribution in [-0.2, 0) is 6.54 Å². The highest BCUT2D eigenvalue weighted by Crippen LogP contribution is 2.17. The minimum Gasteiger partial charge on any atom is -0.348 e. The maximum atomic E-state index is 12.1. The van der Waals surface area contributed by atoms with Crippen LogP contribution in [0, 0.1) is 0 Å². The van der Waals surface area contributed by atoms with E-state index in [0.29, 0.717) is 28.0 Å². The zero-order valence-corrected chi connectivity index (χ0v) is 14.1. The van der Waals surface area contributed by atoms with Crippen LogP contribution in [0.2, 0.25) is 10.0 Å². The number of aromatic nitrogens is 2. The van der Waals surface area contributed by atoms with Crippen molar-refractivity contribution in [2.75, 3.05) is 0 Å². The maximum Gasteiger partial charge on any atom is 0.254 e. The number of nitrogens with one attached hydrogen (secondary N) is 1. The van der Waals surface area contributed by atoms with Crippen LogP contribution in [0.3, 0.4) is 0 Å². The number of halogens is 2. The third-order valence-corrected chi connectivity index (χ3v) is 3.89. The number of rotatable bonds is 4. The number of amides is 1. The van der Waals surface area contributed by atoms with Crippen LogP contribution in [0.25, 0.3) is 11.4 Å². The topological polar surface area (TPSA) is 54.9 Å². The highest BCUT2D eigenvalue weighted by molar-refractivity contribution is 6.30. The molecule has 0 saturated carbocycles. The molecule has 1 aromatic heterocycles. The van der Waals surface area contributed by atoms with Crippen molar-refractivity contribution in [3.05, 3.63) is 82.1 Å². The van der Waals surface area contributed by atoms with Gasteiger partial charge in [0, 0.05) is 34.5 Å². The SMILES string of the molecule is O=C(NCc1ccc(Cl)cc1)c1cnc(-c2ccc(Cl)cc2)nc1. The van der Waals surface area contributed by atoms with E-state index in [9.17, 15) is 4.79 Å². The van der Waals surface area contributed by atoms with Crippen LogP contribution in [0.15, 0.2) is 60.9 Å². The molecule has 2 aromatic carbocycles. The van der Waals surface area contributed by atoms with Crippen LogP contribution in [-0.4, -0.2) is 15.9 Å². The van der Waals surface area contributed by atoms with Gasteiger partial charge in [-0.2, -0.15) is 0 Å². The molecular weight excluding hydrogens is 345 g/mol. The first-order valence-electron chi connectivity index (χ1n) is 7.22. The molecule has 1 N–H and O–H groups in total. The Morgan fingerprint density at radius 3 is 2.00 bits per heavy atom. The van der Waals surface area contributed by atoms with Gasteiger partial charge >= 0.3 is 0 Å². The average molecular weight is 358 g/mol. The second kappa shape index (κ2) is 7.43. The summed E-state index contributed by atoms with van der Waals surface area (Å²) in [7, 11) is 0. The van der Waals surface area contributed by atoms with E-state index in [0.717, 1.165) is 11.1 Å². The summed E-state index contributed by atoms with van der Waals surface area (Å²) in [4.78, 5) is 20.6. The van der Waals surface area contributed by atoms with E-state index in [1.807, 2.05) is 24.3 Å². The lowest BCUT2D eigenvalue weighted by Gasteiger charge is -2.06. The molecule has 1 amide bonds. The molecule has 0 atom stereocenters. The van der Waals surface area contributed by atoms with Crippen molar-refractivity contribution in [3.8, 4) is 11.4 Å². The van der Waals surface area contributed by atoms with E-state index in [-0.39, 0.29) is 5.91 Å². The molecule has 3 aromatic rings. The van der Waals surface area contributed by atoms with Gasteiger partial charge in [0.25, 0.3) is 5.91 Å². The van der Waals surface area contributed by atoms with Crippen molar-refractivity contribution in [2.24, 2.45) is 0 Å². The molecule has 120 valence electrons. The van der Waals surface area contributed by atoms with Crippen molar-refractivity contribution in [1.82, 2.24) is 15.3 Å². The predicted octanol–water partition coefficient (Wildman–Crippen LogP) is 4.38. The molecule has 24 heavy (non-hydrogen) atoms. The fourth-order valence-electron chi connectivity index (χ4n) is 2.08. The molecular formula is C18H13Cl2N3O. The molecule has 3 rings (SSSR count). The second-order valence-electron chi connectivity index (χ2n) is 5.11. The fourth-order valence-corrected chi connectivity index (χ4v) is 2.33. The van der Waals surface area contributed by atoms with Crippen LogP contribution in [0.4, 0.5) is 0 Å². The molecule has 0 aliphatic heterocycles. The second-order valence-corrected chi connectivity index (χ2v) is 5.98. The molecule has 1 heterocycles. The predicted molar refractivity (Wildman–Crippen MR) is 95.1 cm³/mol. The first kappa shape index (κ1) is 16.4. The minimum absolute atomic E-state index is 0.229. The summed E-state index contributed by atoms with van der Waals surface area (Å²) in [5.74, 6) is 0.313. The van der Waals surface area contributed by atoms with Gasteiger partial charge in [-0.15, -0.1) is 0 Å². The number of carbonyl (C=O) groups is 1. The van der Waals surface area contributed by atoms with Gasteiger partial charge in [0.05, 0.1) is 5.56 Å². The van der Waals surface area contributed by atoms with Crippen molar-refractivity contribution in [2.45, 2.75) is 6.54 Å². The number of carbonyl (C=O) groups excluding carboxylic acids is 1. The van der Waals surface area contributed by atoms with E-state index in [4.69, 9.17) is 23.2 Å². The first-order valence-corrected chi connectivity index (χ1v) is 7.98. The summed E-state index contributed by atoms with van der Waals surface area (Å²) in [6.07, 6.45) is 3.02. The molecule has 6 heteroatoms. The molecule has 0 aliphatic rings. The smallest absolute Gasteiger partial charge is 0.254 e. The van der Waals surface area contributed by atoms with Gasteiger partial charge in [0.2, 0.25) is 0 Å².